The van der Waals surface area contributed by atoms with Gasteiger partial charge in [-0.2, -0.15) is 4.37 Å². The fourth-order valence-electron chi connectivity index (χ4n) is 0.872. The maximum Gasteiger partial charge on any atom is 0.202 e. The summed E-state index contributed by atoms with van der Waals surface area (Å²) >= 11 is 1.37. The van der Waals surface area contributed by atoms with Gasteiger partial charge in [-0.3, -0.25) is 0 Å². The fraction of sp³-hybridized carbons (Fsp3) is 0.778. The predicted molar refractivity (Wildman–Crippen MR) is 60.6 cm³/mol. The molecule has 1 heterocycles. The number of aromatic nitrogens is 2. The average molecular weight is 214 g/mol. The summed E-state index contributed by atoms with van der Waals surface area (Å²) in [6.07, 6.45) is 0. The highest BCUT2D eigenvalue weighted by Crippen LogP contribution is 2.18. The number of anilines is 1. The van der Waals surface area contributed by atoms with E-state index in [0.29, 0.717) is 0 Å². The first-order valence-electron chi connectivity index (χ1n) is 4.69. The third kappa shape index (κ3) is 3.23. The van der Waals surface area contributed by atoms with Crippen molar-refractivity contribution in [2.24, 2.45) is 11.1 Å². The van der Waals surface area contributed by atoms with Gasteiger partial charge < -0.3 is 11.1 Å². The number of hydrogen-bond acceptors (Lipinski definition) is 5. The smallest absolute Gasteiger partial charge is 0.202 e. The summed E-state index contributed by atoms with van der Waals surface area (Å²) in [5.74, 6) is 0.807. The number of nitrogens with two attached hydrogens (primary N) is 1. The molecule has 0 bridgehead atoms. The molecule has 1 aromatic rings. The van der Waals surface area contributed by atoms with Crippen LogP contribution in [0.4, 0.5) is 5.13 Å². The van der Waals surface area contributed by atoms with Crippen molar-refractivity contribution in [3.05, 3.63) is 5.82 Å². The summed E-state index contributed by atoms with van der Waals surface area (Å²) < 4.78 is 4.08. The lowest BCUT2D eigenvalue weighted by atomic mass is 9.87. The van der Waals surface area contributed by atoms with E-state index in [1.807, 2.05) is 6.92 Å². The van der Waals surface area contributed by atoms with Gasteiger partial charge in [0, 0.05) is 24.1 Å². The number of nitrogens with one attached hydrogen (secondary N) is 1. The Morgan fingerprint density at radius 3 is 2.57 bits per heavy atom. The summed E-state index contributed by atoms with van der Waals surface area (Å²) in [5.41, 5.74) is 6.12. The zero-order valence-electron chi connectivity index (χ0n) is 9.16. The Hall–Kier alpha value is -0.680. The van der Waals surface area contributed by atoms with Crippen molar-refractivity contribution in [2.45, 2.75) is 33.7 Å². The van der Waals surface area contributed by atoms with E-state index in [0.717, 1.165) is 17.5 Å². The van der Waals surface area contributed by atoms with Crippen molar-refractivity contribution in [1.29, 1.82) is 0 Å². The quantitative estimate of drug-likeness (QED) is 0.802. The van der Waals surface area contributed by atoms with Crippen molar-refractivity contribution in [3.63, 3.8) is 0 Å². The molecular formula is C9H18N4S. The molecule has 0 saturated heterocycles. The van der Waals surface area contributed by atoms with Crippen molar-refractivity contribution in [2.75, 3.05) is 11.9 Å². The van der Waals surface area contributed by atoms with Gasteiger partial charge in [-0.1, -0.05) is 20.8 Å². The molecule has 0 saturated carbocycles. The van der Waals surface area contributed by atoms with Crippen LogP contribution in [0.1, 0.15) is 26.6 Å². The van der Waals surface area contributed by atoms with Gasteiger partial charge >= 0.3 is 0 Å². The van der Waals surface area contributed by atoms with Crippen LogP contribution in [0.5, 0.6) is 0 Å². The minimum atomic E-state index is 0.117. The third-order valence-electron chi connectivity index (χ3n) is 2.11. The zero-order chi connectivity index (χ0) is 10.8. The minimum absolute atomic E-state index is 0.117. The molecule has 0 radical (unpaired) electrons. The molecule has 4 nitrogen and oxygen atoms in total. The summed E-state index contributed by atoms with van der Waals surface area (Å²) in [6, 6.07) is 0.117. The standard InChI is InChI=1S/C9H18N4S/c1-6-12-8(14-13-6)11-5-7(10)9(2,3)4/h7H,5,10H2,1-4H3,(H,11,12,13). The molecule has 1 unspecified atom stereocenters. The molecule has 5 heteroatoms. The normalized spacial score (nSPS) is 14.1. The van der Waals surface area contributed by atoms with Gasteiger partial charge in [-0.05, 0) is 12.3 Å². The van der Waals surface area contributed by atoms with Crippen molar-refractivity contribution in [3.8, 4) is 0 Å². The molecule has 1 rings (SSSR count). The van der Waals surface area contributed by atoms with Crippen LogP contribution in [0, 0.1) is 12.3 Å². The van der Waals surface area contributed by atoms with Gasteiger partial charge in [0.05, 0.1) is 0 Å². The second-order valence-corrected chi connectivity index (χ2v) is 5.25. The molecule has 1 aromatic heterocycles. The van der Waals surface area contributed by atoms with Crippen LogP contribution in [-0.2, 0) is 0 Å². The van der Waals surface area contributed by atoms with Crippen LogP contribution in [0.2, 0.25) is 0 Å². The summed E-state index contributed by atoms with van der Waals surface area (Å²) in [4.78, 5) is 4.21. The Morgan fingerprint density at radius 2 is 2.14 bits per heavy atom. The molecule has 0 aliphatic heterocycles. The minimum Gasteiger partial charge on any atom is -0.359 e. The Bertz CT molecular complexity index is 289. The molecule has 0 aliphatic rings. The van der Waals surface area contributed by atoms with E-state index in [2.05, 4.69) is 35.4 Å². The highest BCUT2D eigenvalue weighted by molar-refractivity contribution is 7.09. The summed E-state index contributed by atoms with van der Waals surface area (Å²) in [7, 11) is 0. The molecule has 80 valence electrons. The Morgan fingerprint density at radius 1 is 1.50 bits per heavy atom. The van der Waals surface area contributed by atoms with E-state index in [4.69, 9.17) is 5.73 Å². The van der Waals surface area contributed by atoms with Gasteiger partial charge in [0.2, 0.25) is 5.13 Å². The maximum atomic E-state index is 6.00. The Balaban J connectivity index is 2.41. The monoisotopic (exact) mass is 214 g/mol. The lowest BCUT2D eigenvalue weighted by molar-refractivity contribution is 0.331. The second-order valence-electron chi connectivity index (χ2n) is 4.50. The van der Waals surface area contributed by atoms with Crippen LogP contribution in [0.25, 0.3) is 0 Å². The van der Waals surface area contributed by atoms with Crippen LogP contribution < -0.4 is 11.1 Å². The van der Waals surface area contributed by atoms with Crippen molar-refractivity contribution < 1.29 is 0 Å². The van der Waals surface area contributed by atoms with Gasteiger partial charge in [-0.15, -0.1) is 0 Å². The molecule has 3 N–H and O–H groups in total. The molecular weight excluding hydrogens is 196 g/mol. The van der Waals surface area contributed by atoms with Crippen molar-refractivity contribution in [1.82, 2.24) is 9.36 Å². The topological polar surface area (TPSA) is 63.8 Å². The van der Waals surface area contributed by atoms with E-state index in [-0.39, 0.29) is 11.5 Å². The highest BCUT2D eigenvalue weighted by Gasteiger charge is 2.20. The zero-order valence-corrected chi connectivity index (χ0v) is 9.98. The first-order valence-corrected chi connectivity index (χ1v) is 5.46. The van der Waals surface area contributed by atoms with Crippen molar-refractivity contribution >= 4 is 16.7 Å². The van der Waals surface area contributed by atoms with E-state index in [9.17, 15) is 0 Å². The fourth-order valence-corrected chi connectivity index (χ4v) is 1.45. The van der Waals surface area contributed by atoms with Crippen LogP contribution in [0.3, 0.4) is 0 Å². The summed E-state index contributed by atoms with van der Waals surface area (Å²) in [5, 5.41) is 4.04. The van der Waals surface area contributed by atoms with Gasteiger partial charge in [0.15, 0.2) is 0 Å². The molecule has 0 amide bonds. The second kappa shape index (κ2) is 4.23. The number of hydrogen-bond donors (Lipinski definition) is 2. The Labute approximate surface area is 89.1 Å². The highest BCUT2D eigenvalue weighted by atomic mass is 32.1. The van der Waals surface area contributed by atoms with E-state index < -0.39 is 0 Å². The molecule has 1 atom stereocenters. The average Bonchev–Trinajstić information content (AvgIpc) is 2.45. The lowest BCUT2D eigenvalue weighted by Gasteiger charge is -2.26. The van der Waals surface area contributed by atoms with E-state index in [1.165, 1.54) is 11.5 Å². The number of aryl methyl sites for hydroxylation is 1. The molecule has 0 spiro atoms. The molecule has 0 aromatic carbocycles. The maximum absolute atomic E-state index is 6.00. The van der Waals surface area contributed by atoms with Crippen LogP contribution >= 0.6 is 11.5 Å². The largest absolute Gasteiger partial charge is 0.359 e. The van der Waals surface area contributed by atoms with Crippen LogP contribution in [0.15, 0.2) is 0 Å². The van der Waals surface area contributed by atoms with Gasteiger partial charge in [0.1, 0.15) is 5.82 Å². The molecule has 0 aliphatic carbocycles. The first-order chi connectivity index (χ1) is 6.39. The molecule has 0 fully saturated rings. The van der Waals surface area contributed by atoms with Crippen LogP contribution in [-0.4, -0.2) is 21.9 Å². The lowest BCUT2D eigenvalue weighted by Crippen LogP contribution is -2.40. The predicted octanol–water partition coefficient (Wildman–Crippen LogP) is 1.63. The SMILES string of the molecule is Cc1nsc(NCC(N)C(C)(C)C)n1. The number of nitrogens with zero attached hydrogens (tertiary/aromatic N) is 2. The Kier molecular flexibility index (Phi) is 3.44. The summed E-state index contributed by atoms with van der Waals surface area (Å²) in [6.45, 7) is 9.00. The van der Waals surface area contributed by atoms with Gasteiger partial charge in [0.25, 0.3) is 0 Å². The van der Waals surface area contributed by atoms with E-state index in [1.54, 1.807) is 0 Å². The van der Waals surface area contributed by atoms with Gasteiger partial charge in [-0.25, -0.2) is 4.98 Å². The van der Waals surface area contributed by atoms with E-state index >= 15 is 0 Å². The third-order valence-corrected chi connectivity index (χ3v) is 2.88. The number of rotatable bonds is 3. The molecule has 14 heavy (non-hydrogen) atoms. The first kappa shape index (κ1) is 11.4.